The summed E-state index contributed by atoms with van der Waals surface area (Å²) in [7, 11) is 3.77. The van der Waals surface area contributed by atoms with Gasteiger partial charge in [0, 0.05) is 37.3 Å². The van der Waals surface area contributed by atoms with Crippen molar-refractivity contribution in [2.24, 2.45) is 0 Å². The predicted octanol–water partition coefficient (Wildman–Crippen LogP) is 1.39. The van der Waals surface area contributed by atoms with E-state index in [4.69, 9.17) is 0 Å². The van der Waals surface area contributed by atoms with Crippen molar-refractivity contribution in [3.05, 3.63) is 41.6 Å². The fraction of sp³-hybridized carbons (Fsp3) is 0.421. The van der Waals surface area contributed by atoms with E-state index in [1.54, 1.807) is 0 Å². The van der Waals surface area contributed by atoms with Crippen LogP contribution in [0.5, 0.6) is 0 Å². The molecule has 0 aliphatic carbocycles. The third-order valence-corrected chi connectivity index (χ3v) is 4.45. The van der Waals surface area contributed by atoms with Gasteiger partial charge in [-0.3, -0.25) is 14.6 Å². The lowest BCUT2D eigenvalue weighted by Crippen LogP contribution is -2.52. The van der Waals surface area contributed by atoms with Gasteiger partial charge in [-0.25, -0.2) is 0 Å². The molecule has 0 spiro atoms. The van der Waals surface area contributed by atoms with E-state index >= 15 is 0 Å². The van der Waals surface area contributed by atoms with Crippen molar-refractivity contribution < 1.29 is 9.59 Å². The van der Waals surface area contributed by atoms with Gasteiger partial charge in [-0.05, 0) is 33.2 Å². The molecule has 0 saturated carbocycles. The van der Waals surface area contributed by atoms with Crippen LogP contribution in [0.1, 0.15) is 16.1 Å². The molecule has 1 aromatic heterocycles. The van der Waals surface area contributed by atoms with Gasteiger partial charge in [-0.2, -0.15) is 0 Å². The molecule has 6 nitrogen and oxygen atoms in total. The maximum atomic E-state index is 13.0. The van der Waals surface area contributed by atoms with Gasteiger partial charge in [0.25, 0.3) is 5.91 Å². The van der Waals surface area contributed by atoms with Gasteiger partial charge in [0.1, 0.15) is 0 Å². The maximum Gasteiger partial charge on any atom is 0.254 e. The van der Waals surface area contributed by atoms with Gasteiger partial charge >= 0.3 is 0 Å². The van der Waals surface area contributed by atoms with Crippen LogP contribution in [0.25, 0.3) is 10.9 Å². The molecule has 2 aromatic rings. The van der Waals surface area contributed by atoms with Gasteiger partial charge in [0.2, 0.25) is 5.91 Å². The summed E-state index contributed by atoms with van der Waals surface area (Å²) >= 11 is 0. The molecule has 1 saturated heterocycles. The summed E-state index contributed by atoms with van der Waals surface area (Å²) in [5, 5.41) is 0.879. The molecule has 25 heavy (non-hydrogen) atoms. The predicted molar refractivity (Wildman–Crippen MR) is 97.5 cm³/mol. The number of fused-ring (bicyclic) bond motifs is 1. The second-order valence-corrected chi connectivity index (χ2v) is 6.74. The molecule has 0 radical (unpaired) electrons. The Morgan fingerprint density at radius 1 is 1.08 bits per heavy atom. The highest BCUT2D eigenvalue weighted by molar-refractivity contribution is 6.06. The van der Waals surface area contributed by atoms with Crippen molar-refractivity contribution in [1.29, 1.82) is 0 Å². The minimum absolute atomic E-state index is 0.0152. The molecule has 1 aliphatic rings. The first-order valence-electron chi connectivity index (χ1n) is 8.54. The number of pyridine rings is 1. The second-order valence-electron chi connectivity index (χ2n) is 6.74. The number of rotatable bonds is 3. The van der Waals surface area contributed by atoms with E-state index in [0.717, 1.165) is 16.6 Å². The normalized spacial score (nSPS) is 15.0. The number of hydrogen-bond donors (Lipinski definition) is 0. The molecule has 132 valence electrons. The Balaban J connectivity index is 1.74. The molecule has 0 unspecified atom stereocenters. The van der Waals surface area contributed by atoms with Gasteiger partial charge < -0.3 is 14.7 Å². The van der Waals surface area contributed by atoms with Crippen LogP contribution < -0.4 is 0 Å². The Morgan fingerprint density at radius 3 is 2.40 bits per heavy atom. The number of likely N-dealkylation sites (N-methyl/N-ethyl adjacent to an activating group) is 1. The lowest BCUT2D eigenvalue weighted by Gasteiger charge is -2.35. The summed E-state index contributed by atoms with van der Waals surface area (Å²) in [6, 6.07) is 9.57. The maximum absolute atomic E-state index is 13.0. The van der Waals surface area contributed by atoms with Crippen LogP contribution >= 0.6 is 0 Å². The second kappa shape index (κ2) is 7.19. The fourth-order valence-corrected chi connectivity index (χ4v) is 3.18. The zero-order valence-electron chi connectivity index (χ0n) is 15.0. The molecule has 1 fully saturated rings. The smallest absolute Gasteiger partial charge is 0.254 e. The van der Waals surface area contributed by atoms with E-state index in [1.807, 2.05) is 66.1 Å². The first-order chi connectivity index (χ1) is 12.0. The third-order valence-electron chi connectivity index (χ3n) is 4.45. The minimum atomic E-state index is 0.0152. The number of para-hydroxylation sites is 1. The van der Waals surface area contributed by atoms with Crippen LogP contribution in [0, 0.1) is 6.92 Å². The van der Waals surface area contributed by atoms with Crippen molar-refractivity contribution in [2.75, 3.05) is 46.8 Å². The van der Waals surface area contributed by atoms with Crippen LogP contribution in [0.2, 0.25) is 0 Å². The van der Waals surface area contributed by atoms with Gasteiger partial charge in [0.05, 0.1) is 17.6 Å². The van der Waals surface area contributed by atoms with Crippen LogP contribution in [0.4, 0.5) is 0 Å². The lowest BCUT2D eigenvalue weighted by atomic mass is 10.1. The first-order valence-corrected chi connectivity index (χ1v) is 8.54. The average Bonchev–Trinajstić information content (AvgIpc) is 2.60. The van der Waals surface area contributed by atoms with E-state index < -0.39 is 0 Å². The van der Waals surface area contributed by atoms with Gasteiger partial charge in [0.15, 0.2) is 0 Å². The summed E-state index contributed by atoms with van der Waals surface area (Å²) in [4.78, 5) is 35.2. The highest BCUT2D eigenvalue weighted by Gasteiger charge is 2.26. The number of carbonyl (C=O) groups excluding carboxylic acids is 2. The van der Waals surface area contributed by atoms with Crippen molar-refractivity contribution in [2.45, 2.75) is 6.92 Å². The molecule has 2 amide bonds. The fourth-order valence-electron chi connectivity index (χ4n) is 3.18. The molecular weight excluding hydrogens is 316 g/mol. The van der Waals surface area contributed by atoms with Crippen LogP contribution in [0.15, 0.2) is 30.3 Å². The van der Waals surface area contributed by atoms with Gasteiger partial charge in [-0.15, -0.1) is 0 Å². The molecule has 2 heterocycles. The van der Waals surface area contributed by atoms with Crippen molar-refractivity contribution in [3.63, 3.8) is 0 Å². The summed E-state index contributed by atoms with van der Waals surface area (Å²) in [6.07, 6.45) is 0. The van der Waals surface area contributed by atoms with Crippen molar-refractivity contribution in [3.8, 4) is 0 Å². The third kappa shape index (κ3) is 3.79. The number of aromatic nitrogens is 1. The van der Waals surface area contributed by atoms with E-state index in [9.17, 15) is 9.59 Å². The Morgan fingerprint density at radius 2 is 1.72 bits per heavy atom. The largest absolute Gasteiger partial charge is 0.338 e. The van der Waals surface area contributed by atoms with E-state index in [2.05, 4.69) is 4.98 Å². The minimum Gasteiger partial charge on any atom is -0.338 e. The first kappa shape index (κ1) is 17.4. The van der Waals surface area contributed by atoms with Crippen LogP contribution in [-0.4, -0.2) is 78.3 Å². The highest BCUT2D eigenvalue weighted by Crippen LogP contribution is 2.20. The SMILES string of the molecule is Cc1cc(C(=O)N2CCN(C(=O)CN(C)C)CC2)c2ccccc2n1. The quantitative estimate of drug-likeness (QED) is 0.847. The zero-order chi connectivity index (χ0) is 18.0. The Labute approximate surface area is 148 Å². The van der Waals surface area contributed by atoms with E-state index in [0.29, 0.717) is 38.3 Å². The molecule has 1 aliphatic heterocycles. The Kier molecular flexibility index (Phi) is 4.99. The van der Waals surface area contributed by atoms with E-state index in [1.165, 1.54) is 0 Å². The van der Waals surface area contributed by atoms with Gasteiger partial charge in [-0.1, -0.05) is 18.2 Å². The summed E-state index contributed by atoms with van der Waals surface area (Å²) in [6.45, 7) is 4.60. The highest BCUT2D eigenvalue weighted by atomic mass is 16.2. The Hall–Kier alpha value is -2.47. The Bertz CT molecular complexity index is 795. The number of benzene rings is 1. The number of hydrogen-bond acceptors (Lipinski definition) is 4. The molecule has 6 heteroatoms. The molecule has 1 aromatic carbocycles. The number of carbonyl (C=O) groups is 2. The van der Waals surface area contributed by atoms with Crippen LogP contribution in [0.3, 0.4) is 0 Å². The monoisotopic (exact) mass is 340 g/mol. The molecule has 0 N–H and O–H groups in total. The topological polar surface area (TPSA) is 56.8 Å². The van der Waals surface area contributed by atoms with E-state index in [-0.39, 0.29) is 11.8 Å². The number of aryl methyl sites for hydroxylation is 1. The molecule has 0 bridgehead atoms. The number of nitrogens with zero attached hydrogens (tertiary/aromatic N) is 4. The molecule has 0 atom stereocenters. The van der Waals surface area contributed by atoms with Crippen LogP contribution in [-0.2, 0) is 4.79 Å². The van der Waals surface area contributed by atoms with Crippen molar-refractivity contribution in [1.82, 2.24) is 19.7 Å². The molecule has 3 rings (SSSR count). The number of piperazine rings is 1. The zero-order valence-corrected chi connectivity index (χ0v) is 15.0. The lowest BCUT2D eigenvalue weighted by molar-refractivity contribution is -0.133. The van der Waals surface area contributed by atoms with Crippen molar-refractivity contribution >= 4 is 22.7 Å². The molecular formula is C19H24N4O2. The standard InChI is InChI=1S/C19H24N4O2/c1-14-12-16(15-6-4-5-7-17(15)20-14)19(25)23-10-8-22(9-11-23)18(24)13-21(2)3/h4-7,12H,8-11,13H2,1-3H3. The summed E-state index contributed by atoms with van der Waals surface area (Å²) < 4.78 is 0. The summed E-state index contributed by atoms with van der Waals surface area (Å²) in [5.74, 6) is 0.128. The number of amides is 2. The average molecular weight is 340 g/mol. The summed E-state index contributed by atoms with van der Waals surface area (Å²) in [5.41, 5.74) is 2.36.